The maximum Gasteiger partial charge on any atom is 0.203 e. The zero-order chi connectivity index (χ0) is 13.7. The molecule has 0 amide bonds. The van der Waals surface area contributed by atoms with Gasteiger partial charge in [0.15, 0.2) is 5.82 Å². The Morgan fingerprint density at radius 2 is 2.10 bits per heavy atom. The number of hydrogen-bond donors (Lipinski definition) is 0. The van der Waals surface area contributed by atoms with Gasteiger partial charge in [-0.05, 0) is 18.8 Å². The molecule has 0 bridgehead atoms. The Balaban J connectivity index is 1.74. The van der Waals surface area contributed by atoms with E-state index in [1.54, 1.807) is 6.33 Å². The van der Waals surface area contributed by atoms with Gasteiger partial charge in [0, 0.05) is 30.4 Å². The molecule has 1 saturated heterocycles. The zero-order valence-electron chi connectivity index (χ0n) is 12.2. The minimum absolute atomic E-state index is 0.530. The fourth-order valence-electron chi connectivity index (χ4n) is 4.50. The molecule has 1 saturated carbocycles. The minimum atomic E-state index is 0.530. The van der Waals surface area contributed by atoms with Crippen molar-refractivity contribution in [3.63, 3.8) is 0 Å². The third-order valence-electron chi connectivity index (χ3n) is 5.15. The predicted molar refractivity (Wildman–Crippen MR) is 77.7 cm³/mol. The second kappa shape index (κ2) is 4.17. The van der Waals surface area contributed by atoms with E-state index in [1.807, 2.05) is 16.8 Å². The van der Waals surface area contributed by atoms with Crippen LogP contribution in [-0.2, 0) is 0 Å². The summed E-state index contributed by atoms with van der Waals surface area (Å²) in [6.07, 6.45) is 11.0. The molecule has 0 radical (unpaired) electrons. The largest absolute Gasteiger partial charge is 0.349 e. The van der Waals surface area contributed by atoms with Gasteiger partial charge in [-0.25, -0.2) is 4.98 Å². The second-order valence-electron chi connectivity index (χ2n) is 6.70. The van der Waals surface area contributed by atoms with E-state index < -0.39 is 0 Å². The first-order chi connectivity index (χ1) is 9.71. The van der Waals surface area contributed by atoms with Crippen LogP contribution in [0.5, 0.6) is 0 Å². The molecule has 1 aliphatic heterocycles. The van der Waals surface area contributed by atoms with Gasteiger partial charge < -0.3 is 4.90 Å². The molecule has 1 spiro atoms. The molecule has 2 fully saturated rings. The quantitative estimate of drug-likeness (QED) is 0.842. The number of nitrogens with zero attached hydrogens (tertiary/aromatic N) is 5. The summed E-state index contributed by atoms with van der Waals surface area (Å²) in [6, 6.07) is 0.598. The highest BCUT2D eigenvalue weighted by Gasteiger charge is 2.55. The second-order valence-corrected chi connectivity index (χ2v) is 6.70. The Kier molecular flexibility index (Phi) is 2.53. The van der Waals surface area contributed by atoms with Crippen LogP contribution in [0.2, 0.25) is 0 Å². The monoisotopic (exact) mass is 271 g/mol. The molecule has 2 aromatic rings. The summed E-state index contributed by atoms with van der Waals surface area (Å²) in [5.74, 6) is 1.65. The van der Waals surface area contributed by atoms with Crippen molar-refractivity contribution in [1.82, 2.24) is 19.6 Å². The first-order valence-electron chi connectivity index (χ1n) is 7.62. The van der Waals surface area contributed by atoms with E-state index in [0.717, 1.165) is 18.0 Å². The lowest BCUT2D eigenvalue weighted by Gasteiger charge is -2.58. The Bertz CT molecular complexity index is 626. The molecule has 5 nitrogen and oxygen atoms in total. The Hall–Kier alpha value is -1.65. The van der Waals surface area contributed by atoms with Crippen LogP contribution in [0.1, 0.15) is 39.5 Å². The summed E-state index contributed by atoms with van der Waals surface area (Å²) < 4.78 is 1.96. The van der Waals surface area contributed by atoms with Crippen molar-refractivity contribution in [3.8, 4) is 0 Å². The van der Waals surface area contributed by atoms with E-state index >= 15 is 0 Å². The van der Waals surface area contributed by atoms with Crippen LogP contribution >= 0.6 is 0 Å². The fraction of sp³-hybridized carbons (Fsp3) is 0.667. The van der Waals surface area contributed by atoms with E-state index in [0.29, 0.717) is 17.4 Å². The molecule has 106 valence electrons. The molecule has 2 aromatic heterocycles. The number of rotatable bonds is 2. The topological polar surface area (TPSA) is 46.3 Å². The first kappa shape index (κ1) is 12.1. The molecule has 3 heterocycles. The van der Waals surface area contributed by atoms with Crippen molar-refractivity contribution in [2.45, 2.75) is 45.6 Å². The van der Waals surface area contributed by atoms with E-state index in [2.05, 4.69) is 33.9 Å². The summed E-state index contributed by atoms with van der Waals surface area (Å²) in [7, 11) is 0. The predicted octanol–water partition coefficient (Wildman–Crippen LogP) is 2.53. The molecule has 20 heavy (non-hydrogen) atoms. The van der Waals surface area contributed by atoms with Gasteiger partial charge in [-0.3, -0.25) is 4.40 Å². The van der Waals surface area contributed by atoms with Gasteiger partial charge in [0.1, 0.15) is 6.33 Å². The van der Waals surface area contributed by atoms with Gasteiger partial charge in [0.25, 0.3) is 0 Å². The smallest absolute Gasteiger partial charge is 0.203 e. The number of anilines is 1. The Morgan fingerprint density at radius 1 is 1.30 bits per heavy atom. The Morgan fingerprint density at radius 3 is 2.85 bits per heavy atom. The number of hydrogen-bond acceptors (Lipinski definition) is 4. The van der Waals surface area contributed by atoms with Crippen LogP contribution in [0.15, 0.2) is 18.7 Å². The maximum atomic E-state index is 4.59. The lowest BCUT2D eigenvalue weighted by atomic mass is 9.66. The van der Waals surface area contributed by atoms with Crippen LogP contribution < -0.4 is 4.90 Å². The van der Waals surface area contributed by atoms with E-state index in [9.17, 15) is 0 Å². The number of aromatic nitrogens is 4. The van der Waals surface area contributed by atoms with Gasteiger partial charge in [-0.1, -0.05) is 26.7 Å². The molecule has 2 aliphatic rings. The van der Waals surface area contributed by atoms with Gasteiger partial charge in [0.2, 0.25) is 5.65 Å². The van der Waals surface area contributed by atoms with Gasteiger partial charge >= 0.3 is 0 Å². The van der Waals surface area contributed by atoms with Crippen LogP contribution in [0.3, 0.4) is 0 Å². The lowest BCUT2D eigenvalue weighted by molar-refractivity contribution is 0.0983. The highest BCUT2D eigenvalue weighted by atomic mass is 15.3. The number of fused-ring (bicyclic) bond motifs is 1. The molecular formula is C15H21N5. The van der Waals surface area contributed by atoms with Crippen molar-refractivity contribution >= 4 is 11.5 Å². The molecule has 5 heteroatoms. The summed E-state index contributed by atoms with van der Waals surface area (Å²) in [4.78, 5) is 7.05. The van der Waals surface area contributed by atoms with Crippen LogP contribution in [0, 0.1) is 11.3 Å². The minimum Gasteiger partial charge on any atom is -0.349 e. The van der Waals surface area contributed by atoms with Crippen molar-refractivity contribution < 1.29 is 0 Å². The first-order valence-corrected chi connectivity index (χ1v) is 7.62. The molecular weight excluding hydrogens is 250 g/mol. The SMILES string of the molecule is CC(C)[C@H]1N(c2nccn3cnnc23)CC12CCCC2. The van der Waals surface area contributed by atoms with Crippen LogP contribution in [-0.4, -0.2) is 32.2 Å². The van der Waals surface area contributed by atoms with Crippen molar-refractivity contribution in [1.29, 1.82) is 0 Å². The van der Waals surface area contributed by atoms with Crippen LogP contribution in [0.25, 0.3) is 5.65 Å². The molecule has 0 unspecified atom stereocenters. The van der Waals surface area contributed by atoms with Gasteiger partial charge in [-0.2, -0.15) is 0 Å². The average Bonchev–Trinajstić information content (AvgIpc) is 3.05. The van der Waals surface area contributed by atoms with Crippen LogP contribution in [0.4, 0.5) is 5.82 Å². The van der Waals surface area contributed by atoms with Crippen molar-refractivity contribution in [2.75, 3.05) is 11.4 Å². The van der Waals surface area contributed by atoms with Gasteiger partial charge in [-0.15, -0.1) is 10.2 Å². The maximum absolute atomic E-state index is 4.59. The highest BCUT2D eigenvalue weighted by molar-refractivity contribution is 5.66. The molecule has 4 rings (SSSR count). The molecule has 1 atom stereocenters. The average molecular weight is 271 g/mol. The molecule has 1 aliphatic carbocycles. The fourth-order valence-corrected chi connectivity index (χ4v) is 4.50. The van der Waals surface area contributed by atoms with E-state index in [4.69, 9.17) is 0 Å². The molecule has 0 aromatic carbocycles. The highest BCUT2D eigenvalue weighted by Crippen LogP contribution is 2.54. The Labute approximate surface area is 119 Å². The standard InChI is InChI=1S/C15H21N5/c1-11(2)12-15(5-3-4-6-15)9-20(12)13-14-18-17-10-19(14)8-7-16-13/h7-8,10-12H,3-6,9H2,1-2H3/t12-/m1/s1. The van der Waals surface area contributed by atoms with Crippen molar-refractivity contribution in [3.05, 3.63) is 18.7 Å². The lowest BCUT2D eigenvalue weighted by Crippen LogP contribution is -2.66. The van der Waals surface area contributed by atoms with E-state index in [1.165, 1.54) is 25.7 Å². The van der Waals surface area contributed by atoms with Gasteiger partial charge in [0.05, 0.1) is 0 Å². The molecule has 0 N–H and O–H groups in total. The summed E-state index contributed by atoms with van der Waals surface area (Å²) in [5, 5.41) is 8.25. The third-order valence-corrected chi connectivity index (χ3v) is 5.15. The summed E-state index contributed by atoms with van der Waals surface area (Å²) in [6.45, 7) is 5.80. The zero-order valence-corrected chi connectivity index (χ0v) is 12.2. The third kappa shape index (κ3) is 1.52. The normalized spacial score (nSPS) is 24.8. The summed E-state index contributed by atoms with van der Waals surface area (Å²) >= 11 is 0. The van der Waals surface area contributed by atoms with E-state index in [-0.39, 0.29) is 0 Å². The summed E-state index contributed by atoms with van der Waals surface area (Å²) in [5.41, 5.74) is 1.41. The van der Waals surface area contributed by atoms with Crippen molar-refractivity contribution in [2.24, 2.45) is 11.3 Å².